The predicted octanol–water partition coefficient (Wildman–Crippen LogP) is 4.83. The van der Waals surface area contributed by atoms with E-state index in [0.29, 0.717) is 26.4 Å². The average molecular weight is 449 g/mol. The third kappa shape index (κ3) is 3.28. The highest BCUT2D eigenvalue weighted by Gasteiger charge is 2.15. The lowest BCUT2D eigenvalue weighted by Crippen LogP contribution is -2.22. The fraction of sp³-hybridized carbons (Fsp3) is 0. The number of imidazole rings is 1. The predicted molar refractivity (Wildman–Crippen MR) is 131 cm³/mol. The van der Waals surface area contributed by atoms with Crippen LogP contribution in [0.25, 0.3) is 32.8 Å². The number of carbonyl (C=O) groups is 1. The van der Waals surface area contributed by atoms with Crippen LogP contribution in [0.5, 0.6) is 5.75 Å². The molecule has 0 atom stereocenters. The molecule has 0 spiro atoms. The molecule has 6 rings (SSSR count). The minimum Gasteiger partial charge on any atom is -0.422 e. The Morgan fingerprint density at radius 3 is 2.58 bits per heavy atom. The van der Waals surface area contributed by atoms with Crippen LogP contribution in [0.15, 0.2) is 95.8 Å². The summed E-state index contributed by atoms with van der Waals surface area (Å²) >= 11 is 1.31. The number of carbonyl (C=O) groups excluding carboxylic acids is 1. The Hall–Kier alpha value is -4.29. The quantitative estimate of drug-likeness (QED) is 0.287. The molecule has 0 radical (unpaired) electrons. The number of esters is 1. The largest absolute Gasteiger partial charge is 0.422 e. The topological polar surface area (TPSA) is 60.7 Å². The molecule has 0 N–H and O–H groups in total. The molecule has 5 nitrogen and oxygen atoms in total. The third-order valence-corrected chi connectivity index (χ3v) is 6.53. The molecular formula is C27H16N2O3S. The summed E-state index contributed by atoms with van der Waals surface area (Å²) in [7, 11) is 0. The summed E-state index contributed by atoms with van der Waals surface area (Å²) in [5.41, 5.74) is 2.57. The number of para-hydroxylation sites is 3. The summed E-state index contributed by atoms with van der Waals surface area (Å²) in [6.07, 6.45) is 1.75. The first kappa shape index (κ1) is 19.4. The monoisotopic (exact) mass is 448 g/mol. The van der Waals surface area contributed by atoms with Crippen molar-refractivity contribution < 1.29 is 9.53 Å². The Kier molecular flexibility index (Phi) is 4.52. The molecule has 0 fully saturated rings. The van der Waals surface area contributed by atoms with Crippen LogP contribution >= 0.6 is 11.3 Å². The first-order valence-electron chi connectivity index (χ1n) is 10.4. The van der Waals surface area contributed by atoms with E-state index in [1.54, 1.807) is 28.7 Å². The van der Waals surface area contributed by atoms with Gasteiger partial charge >= 0.3 is 5.97 Å². The van der Waals surface area contributed by atoms with Crippen LogP contribution in [0.3, 0.4) is 0 Å². The van der Waals surface area contributed by atoms with Crippen molar-refractivity contribution >= 4 is 50.1 Å². The molecule has 0 aliphatic heterocycles. The van der Waals surface area contributed by atoms with Crippen molar-refractivity contribution in [3.63, 3.8) is 0 Å². The van der Waals surface area contributed by atoms with E-state index in [-0.39, 0.29) is 5.56 Å². The van der Waals surface area contributed by atoms with Gasteiger partial charge in [-0.3, -0.25) is 4.79 Å². The Morgan fingerprint density at radius 1 is 0.879 bits per heavy atom. The molecule has 6 aromatic rings. The normalized spacial score (nSPS) is 12.1. The lowest BCUT2D eigenvalue weighted by molar-refractivity contribution is 0.0736. The van der Waals surface area contributed by atoms with E-state index in [1.165, 1.54) is 11.3 Å². The van der Waals surface area contributed by atoms with Crippen molar-refractivity contribution in [3.8, 4) is 5.75 Å². The summed E-state index contributed by atoms with van der Waals surface area (Å²) in [5, 5.41) is 1.80. The second kappa shape index (κ2) is 7.69. The lowest BCUT2D eigenvalue weighted by Gasteiger charge is -2.09. The van der Waals surface area contributed by atoms with E-state index >= 15 is 0 Å². The molecule has 0 saturated carbocycles. The molecule has 6 heteroatoms. The van der Waals surface area contributed by atoms with Crippen molar-refractivity contribution in [2.24, 2.45) is 0 Å². The fourth-order valence-electron chi connectivity index (χ4n) is 4.00. The molecule has 0 aliphatic rings. The maximum absolute atomic E-state index is 13.1. The summed E-state index contributed by atoms with van der Waals surface area (Å²) in [4.78, 5) is 31.3. The van der Waals surface area contributed by atoms with Crippen molar-refractivity contribution in [1.29, 1.82) is 0 Å². The van der Waals surface area contributed by atoms with Crippen molar-refractivity contribution in [2.75, 3.05) is 0 Å². The van der Waals surface area contributed by atoms with Crippen LogP contribution < -0.4 is 14.8 Å². The Labute approximate surface area is 191 Å². The van der Waals surface area contributed by atoms with Crippen LogP contribution in [0.4, 0.5) is 0 Å². The summed E-state index contributed by atoms with van der Waals surface area (Å²) < 4.78 is 7.93. The van der Waals surface area contributed by atoms with Crippen LogP contribution in [-0.2, 0) is 0 Å². The molecule has 0 unspecified atom stereocenters. The van der Waals surface area contributed by atoms with Gasteiger partial charge in [0.2, 0.25) is 0 Å². The number of rotatable bonds is 3. The molecule has 4 aromatic carbocycles. The van der Waals surface area contributed by atoms with Gasteiger partial charge in [-0.1, -0.05) is 78.1 Å². The first-order chi connectivity index (χ1) is 16.2. The van der Waals surface area contributed by atoms with Crippen LogP contribution in [0.2, 0.25) is 0 Å². The number of thiazole rings is 1. The zero-order chi connectivity index (χ0) is 22.4. The second-order valence-corrected chi connectivity index (χ2v) is 8.60. The van der Waals surface area contributed by atoms with E-state index in [0.717, 1.165) is 21.8 Å². The molecule has 2 heterocycles. The Bertz CT molecular complexity index is 1790. The van der Waals surface area contributed by atoms with E-state index < -0.39 is 5.97 Å². The summed E-state index contributed by atoms with van der Waals surface area (Å²) in [5.74, 6) is -0.0484. The molecular weight excluding hydrogens is 432 g/mol. The van der Waals surface area contributed by atoms with Gasteiger partial charge < -0.3 is 4.74 Å². The molecule has 158 valence electrons. The lowest BCUT2D eigenvalue weighted by atomic mass is 10.0. The maximum Gasteiger partial charge on any atom is 0.344 e. The number of hydrogen-bond acceptors (Lipinski definition) is 5. The zero-order valence-electron chi connectivity index (χ0n) is 17.3. The molecule has 2 aromatic heterocycles. The van der Waals surface area contributed by atoms with E-state index in [2.05, 4.69) is 4.98 Å². The van der Waals surface area contributed by atoms with Crippen LogP contribution in [0.1, 0.15) is 15.9 Å². The zero-order valence-corrected chi connectivity index (χ0v) is 18.1. The third-order valence-electron chi connectivity index (χ3n) is 5.56. The summed E-state index contributed by atoms with van der Waals surface area (Å²) in [6.45, 7) is 0. The Balaban J connectivity index is 1.42. The van der Waals surface area contributed by atoms with Crippen molar-refractivity contribution in [2.45, 2.75) is 0 Å². The minimum absolute atomic E-state index is 0.140. The smallest absolute Gasteiger partial charge is 0.344 e. The molecule has 33 heavy (non-hydrogen) atoms. The average Bonchev–Trinajstić information content (AvgIpc) is 3.36. The SMILES string of the molecule is O=C(Oc1ccccc1/C=c1\sc2nc3ccccc3n2c1=O)c1cccc2ccccc12. The number of fused-ring (bicyclic) bond motifs is 4. The Morgan fingerprint density at radius 2 is 1.64 bits per heavy atom. The standard InChI is InChI=1S/C27H16N2O3S/c30-25-24(33-27-28-21-13-4-5-14-22(21)29(25)27)16-18-9-2-6-15-23(18)32-26(31)20-12-7-10-17-8-1-3-11-19(17)20/h1-16H/b24-16-. The van der Waals surface area contributed by atoms with Gasteiger partial charge in [-0.15, -0.1) is 0 Å². The first-order valence-corrected chi connectivity index (χ1v) is 11.2. The molecule has 0 saturated heterocycles. The van der Waals surface area contributed by atoms with Gasteiger partial charge in [-0.25, -0.2) is 14.2 Å². The van der Waals surface area contributed by atoms with Gasteiger partial charge in [0, 0.05) is 5.56 Å². The van der Waals surface area contributed by atoms with E-state index in [1.807, 2.05) is 72.8 Å². The second-order valence-electron chi connectivity index (χ2n) is 7.59. The minimum atomic E-state index is -0.443. The maximum atomic E-state index is 13.1. The van der Waals surface area contributed by atoms with E-state index in [9.17, 15) is 9.59 Å². The van der Waals surface area contributed by atoms with Gasteiger partial charge in [0.1, 0.15) is 5.75 Å². The van der Waals surface area contributed by atoms with Gasteiger partial charge in [0.25, 0.3) is 5.56 Å². The van der Waals surface area contributed by atoms with Gasteiger partial charge in [0.05, 0.1) is 21.1 Å². The highest BCUT2D eigenvalue weighted by atomic mass is 32.1. The van der Waals surface area contributed by atoms with Crippen molar-refractivity contribution in [3.05, 3.63) is 117 Å². The highest BCUT2D eigenvalue weighted by Crippen LogP contribution is 2.24. The molecule has 0 bridgehead atoms. The number of nitrogens with zero attached hydrogens (tertiary/aromatic N) is 2. The number of hydrogen-bond donors (Lipinski definition) is 0. The van der Waals surface area contributed by atoms with Crippen LogP contribution in [-0.4, -0.2) is 15.4 Å². The summed E-state index contributed by atoms with van der Waals surface area (Å²) in [6, 6.07) is 28.0. The molecule has 0 aliphatic carbocycles. The number of ether oxygens (including phenoxy) is 1. The number of aromatic nitrogens is 2. The van der Waals surface area contributed by atoms with Gasteiger partial charge in [-0.2, -0.15) is 0 Å². The fourth-order valence-corrected chi connectivity index (χ4v) is 4.98. The number of benzene rings is 4. The molecule has 0 amide bonds. The van der Waals surface area contributed by atoms with Gasteiger partial charge in [-0.05, 0) is 41.1 Å². The van der Waals surface area contributed by atoms with Crippen LogP contribution in [0, 0.1) is 0 Å². The highest BCUT2D eigenvalue weighted by molar-refractivity contribution is 7.15. The van der Waals surface area contributed by atoms with Gasteiger partial charge in [0.15, 0.2) is 4.96 Å². The van der Waals surface area contributed by atoms with Crippen molar-refractivity contribution in [1.82, 2.24) is 9.38 Å². The van der Waals surface area contributed by atoms with E-state index in [4.69, 9.17) is 4.74 Å².